The Morgan fingerprint density at radius 1 is 0.656 bits per heavy atom. The van der Waals surface area contributed by atoms with Gasteiger partial charge in [0.05, 0.1) is 11.5 Å². The number of benzene rings is 4. The van der Waals surface area contributed by atoms with Crippen molar-refractivity contribution in [3.8, 4) is 0 Å². The van der Waals surface area contributed by atoms with E-state index in [0.29, 0.717) is 5.69 Å². The van der Waals surface area contributed by atoms with Gasteiger partial charge in [-0.1, -0.05) is 48.5 Å². The summed E-state index contributed by atoms with van der Waals surface area (Å²) in [6, 6.07) is 27.3. The van der Waals surface area contributed by atoms with E-state index in [1.807, 2.05) is 84.9 Å². The summed E-state index contributed by atoms with van der Waals surface area (Å²) in [5, 5.41) is 10.0. The van der Waals surface area contributed by atoms with Crippen molar-refractivity contribution >= 4 is 67.7 Å². The quantitative estimate of drug-likeness (QED) is 0.337. The molecule has 0 aliphatic carbocycles. The lowest BCUT2D eigenvalue weighted by Gasteiger charge is -2.07. The van der Waals surface area contributed by atoms with E-state index in [2.05, 4.69) is 10.6 Å². The van der Waals surface area contributed by atoms with Gasteiger partial charge in [-0.05, 0) is 41.1 Å². The maximum absolute atomic E-state index is 12.3. The first-order valence-electron chi connectivity index (χ1n) is 10.2. The fraction of sp³-hybridized carbons (Fsp3) is 0.0769. The van der Waals surface area contributed by atoms with Gasteiger partial charge in [0.2, 0.25) is 11.8 Å². The summed E-state index contributed by atoms with van der Waals surface area (Å²) in [5.74, 6) is 0.0809. The standard InChI is InChI=1S/C26H20N2O3S/c29-25(27-19-10-9-17-5-1-2-6-18(17)13-19)15-32-16-26(30)28-20-11-12-22-21-7-3-4-8-23(21)31-24(22)14-20/h1-14H,15-16H2,(H,27,29)(H,28,30). The summed E-state index contributed by atoms with van der Waals surface area (Å²) in [6.07, 6.45) is 0. The second-order valence-electron chi connectivity index (χ2n) is 7.46. The maximum Gasteiger partial charge on any atom is 0.234 e. The van der Waals surface area contributed by atoms with Crippen LogP contribution in [0.5, 0.6) is 0 Å². The average molecular weight is 441 g/mol. The van der Waals surface area contributed by atoms with Crippen molar-refractivity contribution in [3.63, 3.8) is 0 Å². The molecule has 0 aliphatic rings. The van der Waals surface area contributed by atoms with Crippen LogP contribution < -0.4 is 10.6 Å². The molecule has 2 N–H and O–H groups in total. The fourth-order valence-corrected chi connectivity index (χ4v) is 4.32. The molecule has 32 heavy (non-hydrogen) atoms. The molecule has 0 saturated carbocycles. The summed E-state index contributed by atoms with van der Waals surface area (Å²) in [6.45, 7) is 0. The SMILES string of the molecule is O=C(CSCC(=O)Nc1ccc2c(c1)oc1ccccc12)Nc1ccc2ccccc2c1. The van der Waals surface area contributed by atoms with Crippen LogP contribution in [0, 0.1) is 0 Å². The topological polar surface area (TPSA) is 71.3 Å². The Morgan fingerprint density at radius 3 is 2.09 bits per heavy atom. The minimum Gasteiger partial charge on any atom is -0.456 e. The Morgan fingerprint density at radius 2 is 1.28 bits per heavy atom. The Bertz CT molecular complexity index is 1460. The van der Waals surface area contributed by atoms with Crippen LogP contribution in [0.4, 0.5) is 11.4 Å². The number of fused-ring (bicyclic) bond motifs is 4. The molecule has 4 aromatic carbocycles. The highest BCUT2D eigenvalue weighted by molar-refractivity contribution is 8.00. The van der Waals surface area contributed by atoms with Crippen LogP contribution in [-0.4, -0.2) is 23.3 Å². The van der Waals surface area contributed by atoms with Crippen LogP contribution >= 0.6 is 11.8 Å². The molecular formula is C26H20N2O3S. The van der Waals surface area contributed by atoms with E-state index in [1.54, 1.807) is 0 Å². The molecule has 5 nitrogen and oxygen atoms in total. The third kappa shape index (κ3) is 4.31. The number of nitrogens with one attached hydrogen (secondary N) is 2. The van der Waals surface area contributed by atoms with E-state index in [4.69, 9.17) is 4.42 Å². The molecule has 158 valence electrons. The highest BCUT2D eigenvalue weighted by Gasteiger charge is 2.10. The number of carbonyl (C=O) groups excluding carboxylic acids is 2. The molecule has 1 heterocycles. The molecular weight excluding hydrogens is 420 g/mol. The second kappa shape index (κ2) is 8.77. The molecule has 0 bridgehead atoms. The largest absolute Gasteiger partial charge is 0.456 e. The van der Waals surface area contributed by atoms with E-state index in [1.165, 1.54) is 11.8 Å². The minimum atomic E-state index is -0.163. The summed E-state index contributed by atoms with van der Waals surface area (Å²) in [5.41, 5.74) is 2.96. The van der Waals surface area contributed by atoms with Crippen molar-refractivity contribution in [1.29, 1.82) is 0 Å². The highest BCUT2D eigenvalue weighted by Crippen LogP contribution is 2.30. The van der Waals surface area contributed by atoms with Gasteiger partial charge in [-0.2, -0.15) is 0 Å². The molecule has 0 saturated heterocycles. The fourth-order valence-electron chi connectivity index (χ4n) is 3.70. The average Bonchev–Trinajstić information content (AvgIpc) is 3.16. The first-order valence-corrected chi connectivity index (χ1v) is 11.4. The molecule has 0 radical (unpaired) electrons. The molecule has 0 spiro atoms. The molecule has 0 unspecified atom stereocenters. The predicted octanol–water partition coefficient (Wildman–Crippen LogP) is 6.05. The molecule has 0 aliphatic heterocycles. The normalized spacial score (nSPS) is 11.1. The smallest absolute Gasteiger partial charge is 0.234 e. The summed E-state index contributed by atoms with van der Waals surface area (Å²) >= 11 is 1.27. The molecule has 5 rings (SSSR count). The lowest BCUT2D eigenvalue weighted by atomic mass is 10.1. The zero-order chi connectivity index (χ0) is 21.9. The van der Waals surface area contributed by atoms with E-state index in [0.717, 1.165) is 38.4 Å². The van der Waals surface area contributed by atoms with Crippen LogP contribution in [-0.2, 0) is 9.59 Å². The van der Waals surface area contributed by atoms with Crippen molar-refractivity contribution in [2.24, 2.45) is 0 Å². The molecule has 1 aromatic heterocycles. The van der Waals surface area contributed by atoms with Gasteiger partial charge in [-0.3, -0.25) is 9.59 Å². The lowest BCUT2D eigenvalue weighted by Crippen LogP contribution is -2.18. The van der Waals surface area contributed by atoms with E-state index in [9.17, 15) is 9.59 Å². The first kappa shape index (κ1) is 20.2. The zero-order valence-corrected chi connectivity index (χ0v) is 17.9. The number of furan rings is 1. The Kier molecular flexibility index (Phi) is 5.52. The molecule has 5 aromatic rings. The Balaban J connectivity index is 1.14. The van der Waals surface area contributed by atoms with Crippen molar-refractivity contribution < 1.29 is 14.0 Å². The zero-order valence-electron chi connectivity index (χ0n) is 17.1. The summed E-state index contributed by atoms with van der Waals surface area (Å²) in [4.78, 5) is 24.6. The van der Waals surface area contributed by atoms with Crippen LogP contribution in [0.15, 0.2) is 89.3 Å². The number of hydrogen-bond acceptors (Lipinski definition) is 4. The summed E-state index contributed by atoms with van der Waals surface area (Å²) < 4.78 is 5.86. The van der Waals surface area contributed by atoms with Gasteiger partial charge in [0.1, 0.15) is 11.2 Å². The van der Waals surface area contributed by atoms with Gasteiger partial charge in [0.15, 0.2) is 0 Å². The molecule has 0 atom stereocenters. The van der Waals surface area contributed by atoms with Crippen molar-refractivity contribution in [1.82, 2.24) is 0 Å². The van der Waals surface area contributed by atoms with Crippen LogP contribution in [0.25, 0.3) is 32.7 Å². The van der Waals surface area contributed by atoms with Gasteiger partial charge < -0.3 is 15.1 Å². The monoisotopic (exact) mass is 440 g/mol. The Labute approximate surface area is 188 Å². The van der Waals surface area contributed by atoms with Crippen molar-refractivity contribution in [2.75, 3.05) is 22.1 Å². The van der Waals surface area contributed by atoms with Crippen molar-refractivity contribution in [3.05, 3.63) is 84.9 Å². The molecule has 6 heteroatoms. The first-order chi connectivity index (χ1) is 15.7. The van der Waals surface area contributed by atoms with E-state index >= 15 is 0 Å². The van der Waals surface area contributed by atoms with Crippen molar-refractivity contribution in [2.45, 2.75) is 0 Å². The molecule has 2 amide bonds. The number of hydrogen-bond donors (Lipinski definition) is 2. The predicted molar refractivity (Wildman–Crippen MR) is 132 cm³/mol. The lowest BCUT2D eigenvalue weighted by molar-refractivity contribution is -0.114. The maximum atomic E-state index is 12.3. The van der Waals surface area contributed by atoms with Crippen LogP contribution in [0.2, 0.25) is 0 Å². The number of carbonyl (C=O) groups is 2. The number of rotatable bonds is 6. The van der Waals surface area contributed by atoms with Gasteiger partial charge in [0, 0.05) is 28.2 Å². The van der Waals surface area contributed by atoms with Crippen LogP contribution in [0.3, 0.4) is 0 Å². The highest BCUT2D eigenvalue weighted by atomic mass is 32.2. The van der Waals surface area contributed by atoms with E-state index < -0.39 is 0 Å². The Hall–Kier alpha value is -3.77. The third-order valence-corrected chi connectivity index (χ3v) is 6.09. The third-order valence-electron chi connectivity index (χ3n) is 5.16. The minimum absolute atomic E-state index is 0.137. The number of thioether (sulfide) groups is 1. The second-order valence-corrected chi connectivity index (χ2v) is 8.45. The number of anilines is 2. The van der Waals surface area contributed by atoms with E-state index in [-0.39, 0.29) is 23.3 Å². The van der Waals surface area contributed by atoms with Gasteiger partial charge >= 0.3 is 0 Å². The van der Waals surface area contributed by atoms with Gasteiger partial charge in [-0.25, -0.2) is 0 Å². The number of para-hydroxylation sites is 1. The van der Waals surface area contributed by atoms with Gasteiger partial charge in [0.25, 0.3) is 0 Å². The number of amides is 2. The van der Waals surface area contributed by atoms with Crippen LogP contribution in [0.1, 0.15) is 0 Å². The van der Waals surface area contributed by atoms with Gasteiger partial charge in [-0.15, -0.1) is 11.8 Å². The molecule has 0 fully saturated rings. The summed E-state index contributed by atoms with van der Waals surface area (Å²) in [7, 11) is 0.